The van der Waals surface area contributed by atoms with E-state index in [1.54, 1.807) is 31.2 Å². The molecule has 0 unspecified atom stereocenters. The summed E-state index contributed by atoms with van der Waals surface area (Å²) >= 11 is 0. The van der Waals surface area contributed by atoms with Crippen LogP contribution >= 0.6 is 7.37 Å². The van der Waals surface area contributed by atoms with Crippen LogP contribution in [0.25, 0.3) is 0 Å². The van der Waals surface area contributed by atoms with Crippen molar-refractivity contribution in [1.82, 2.24) is 0 Å². The maximum atomic E-state index is 13.8. The van der Waals surface area contributed by atoms with E-state index in [1.165, 1.54) is 21.3 Å². The van der Waals surface area contributed by atoms with Crippen LogP contribution in [-0.4, -0.2) is 47.1 Å². The number of anilines is 1. The molecule has 0 radical (unpaired) electrons. The Morgan fingerprint density at radius 1 is 1.00 bits per heavy atom. The minimum Gasteiger partial charge on any atom is -0.493 e. The Morgan fingerprint density at radius 3 is 1.93 bits per heavy atom. The van der Waals surface area contributed by atoms with Crippen LogP contribution in [0.1, 0.15) is 18.3 Å². The molecule has 0 spiro atoms. The van der Waals surface area contributed by atoms with Gasteiger partial charge in [-0.05, 0) is 48.9 Å². The van der Waals surface area contributed by atoms with Crippen LogP contribution in [0.4, 0.5) is 5.69 Å². The predicted molar refractivity (Wildman–Crippen MR) is 111 cm³/mol. The molecule has 0 aromatic heterocycles. The third kappa shape index (κ3) is 4.27. The third-order valence-corrected chi connectivity index (χ3v) is 6.96. The Hall–Kier alpha value is -2.21. The Labute approximate surface area is 166 Å². The molecule has 28 heavy (non-hydrogen) atoms. The summed E-state index contributed by atoms with van der Waals surface area (Å²) in [4.78, 5) is 1.94. The van der Waals surface area contributed by atoms with Crippen molar-refractivity contribution < 1.29 is 28.4 Å². The molecule has 0 saturated carbocycles. The standard InChI is InChI=1S/C20H28NO6P/c1-7-27-28(23,16-10-8-15(9-11-16)21(2)3)20(22)14-12-17(24-4)19(26-6)18(13-14)25-5/h8-13,20,22H,7H2,1-6H3/t20-,28+/m0/s1. The molecule has 0 aliphatic heterocycles. The van der Waals surface area contributed by atoms with Crippen LogP contribution in [0.15, 0.2) is 36.4 Å². The summed E-state index contributed by atoms with van der Waals surface area (Å²) < 4.78 is 35.4. The van der Waals surface area contributed by atoms with E-state index in [0.29, 0.717) is 28.1 Å². The van der Waals surface area contributed by atoms with E-state index >= 15 is 0 Å². The molecule has 8 heteroatoms. The van der Waals surface area contributed by atoms with Gasteiger partial charge in [-0.25, -0.2) is 0 Å². The first-order valence-corrected chi connectivity index (χ1v) is 10.5. The van der Waals surface area contributed by atoms with Crippen molar-refractivity contribution in [2.75, 3.05) is 46.9 Å². The molecule has 0 saturated heterocycles. The lowest BCUT2D eigenvalue weighted by molar-refractivity contribution is 0.217. The molecule has 0 aliphatic carbocycles. The number of benzene rings is 2. The monoisotopic (exact) mass is 409 g/mol. The molecule has 0 fully saturated rings. The van der Waals surface area contributed by atoms with Gasteiger partial charge in [-0.2, -0.15) is 0 Å². The second-order valence-corrected chi connectivity index (χ2v) is 8.72. The molecule has 2 rings (SSSR count). The van der Waals surface area contributed by atoms with Gasteiger partial charge in [0.05, 0.1) is 27.9 Å². The molecule has 0 amide bonds. The summed E-state index contributed by atoms with van der Waals surface area (Å²) in [5, 5.41) is 11.5. The molecule has 0 aliphatic rings. The number of aliphatic hydroxyl groups excluding tert-OH is 1. The lowest BCUT2D eigenvalue weighted by Gasteiger charge is -2.25. The molecule has 0 bridgehead atoms. The van der Waals surface area contributed by atoms with E-state index in [4.69, 9.17) is 18.7 Å². The molecule has 154 valence electrons. The predicted octanol–water partition coefficient (Wildman–Crippen LogP) is 3.41. The highest BCUT2D eigenvalue weighted by Crippen LogP contribution is 2.59. The van der Waals surface area contributed by atoms with Crippen molar-refractivity contribution in [2.24, 2.45) is 0 Å². The average Bonchev–Trinajstić information content (AvgIpc) is 2.72. The first-order chi connectivity index (χ1) is 13.3. The van der Waals surface area contributed by atoms with Crippen LogP contribution in [0.3, 0.4) is 0 Å². The van der Waals surface area contributed by atoms with Gasteiger partial charge in [0, 0.05) is 25.1 Å². The van der Waals surface area contributed by atoms with Crippen molar-refractivity contribution in [2.45, 2.75) is 12.8 Å². The fourth-order valence-electron chi connectivity index (χ4n) is 2.88. The molecule has 1 N–H and O–H groups in total. The number of hydrogen-bond acceptors (Lipinski definition) is 7. The first kappa shape index (κ1) is 22.1. The van der Waals surface area contributed by atoms with Gasteiger partial charge in [-0.1, -0.05) is 0 Å². The van der Waals surface area contributed by atoms with Crippen molar-refractivity contribution >= 4 is 18.4 Å². The van der Waals surface area contributed by atoms with Gasteiger partial charge in [0.2, 0.25) is 5.75 Å². The van der Waals surface area contributed by atoms with E-state index in [-0.39, 0.29) is 6.61 Å². The Balaban J connectivity index is 2.55. The van der Waals surface area contributed by atoms with Crippen LogP contribution in [0.5, 0.6) is 17.2 Å². The van der Waals surface area contributed by atoms with Crippen LogP contribution < -0.4 is 24.4 Å². The summed E-state index contributed by atoms with van der Waals surface area (Å²) in [7, 11) is 4.66. The lowest BCUT2D eigenvalue weighted by Crippen LogP contribution is -2.16. The van der Waals surface area contributed by atoms with Crippen molar-refractivity contribution in [3.05, 3.63) is 42.0 Å². The van der Waals surface area contributed by atoms with Gasteiger partial charge in [-0.3, -0.25) is 4.57 Å². The topological polar surface area (TPSA) is 77.5 Å². The average molecular weight is 409 g/mol. The van der Waals surface area contributed by atoms with Gasteiger partial charge < -0.3 is 28.7 Å². The number of hydrogen-bond donors (Lipinski definition) is 1. The number of aliphatic hydroxyl groups is 1. The maximum absolute atomic E-state index is 13.8. The van der Waals surface area contributed by atoms with Crippen molar-refractivity contribution in [3.8, 4) is 17.2 Å². The third-order valence-electron chi connectivity index (χ3n) is 4.35. The lowest BCUT2D eigenvalue weighted by atomic mass is 10.2. The highest BCUT2D eigenvalue weighted by Gasteiger charge is 2.37. The van der Waals surface area contributed by atoms with Gasteiger partial charge in [0.1, 0.15) is 0 Å². The number of methoxy groups -OCH3 is 3. The minimum atomic E-state index is -3.63. The quantitative estimate of drug-likeness (QED) is 0.636. The second-order valence-electron chi connectivity index (χ2n) is 6.26. The Bertz CT molecular complexity index is 812. The second kappa shape index (κ2) is 9.32. The van der Waals surface area contributed by atoms with Crippen molar-refractivity contribution in [3.63, 3.8) is 0 Å². The number of ether oxygens (including phenoxy) is 3. The van der Waals surface area contributed by atoms with Gasteiger partial charge >= 0.3 is 0 Å². The smallest absolute Gasteiger partial charge is 0.264 e. The summed E-state index contributed by atoms with van der Waals surface area (Å²) in [6.07, 6.45) is 0. The molecule has 2 aromatic rings. The molecular weight excluding hydrogens is 381 g/mol. The Kier molecular flexibility index (Phi) is 7.35. The maximum Gasteiger partial charge on any atom is 0.264 e. The zero-order valence-corrected chi connectivity index (χ0v) is 18.0. The highest BCUT2D eigenvalue weighted by molar-refractivity contribution is 7.67. The van der Waals surface area contributed by atoms with E-state index in [2.05, 4.69) is 0 Å². The van der Waals surface area contributed by atoms with Crippen LogP contribution in [0, 0.1) is 0 Å². The summed E-state index contributed by atoms with van der Waals surface area (Å²) in [6.45, 7) is 1.93. The normalized spacial score (nSPS) is 14.1. The zero-order chi connectivity index (χ0) is 20.9. The highest BCUT2D eigenvalue weighted by atomic mass is 31.2. The zero-order valence-electron chi connectivity index (χ0n) is 17.1. The summed E-state index contributed by atoms with van der Waals surface area (Å²) in [5.74, 6) is -0.280. The van der Waals surface area contributed by atoms with E-state index < -0.39 is 13.2 Å². The van der Waals surface area contributed by atoms with E-state index in [0.717, 1.165) is 5.69 Å². The van der Waals surface area contributed by atoms with Gasteiger partial charge in [0.15, 0.2) is 17.3 Å². The fraction of sp³-hybridized carbons (Fsp3) is 0.400. The van der Waals surface area contributed by atoms with Gasteiger partial charge in [-0.15, -0.1) is 0 Å². The largest absolute Gasteiger partial charge is 0.493 e. The number of nitrogens with zero attached hydrogens (tertiary/aromatic N) is 1. The molecule has 7 nitrogen and oxygen atoms in total. The summed E-state index contributed by atoms with van der Waals surface area (Å²) in [5.41, 5.74) is 1.30. The first-order valence-electron chi connectivity index (χ1n) is 8.82. The SMILES string of the molecule is CCO[P@](=O)(c1ccc(N(C)C)cc1)[C@H](O)c1cc(OC)c(OC)c(OC)c1. The van der Waals surface area contributed by atoms with Crippen LogP contribution in [-0.2, 0) is 9.09 Å². The summed E-state index contributed by atoms with van der Waals surface area (Å²) in [6, 6.07) is 10.3. The van der Waals surface area contributed by atoms with Gasteiger partial charge in [0.25, 0.3) is 7.37 Å². The molecular formula is C20H28NO6P. The van der Waals surface area contributed by atoms with Crippen molar-refractivity contribution in [1.29, 1.82) is 0 Å². The molecule has 2 aromatic carbocycles. The molecule has 2 atom stereocenters. The number of rotatable bonds is 9. The fourth-order valence-corrected chi connectivity index (χ4v) is 4.95. The van der Waals surface area contributed by atoms with E-state index in [1.807, 2.05) is 31.1 Å². The minimum absolute atomic E-state index is 0.189. The Morgan fingerprint density at radius 2 is 1.54 bits per heavy atom. The van der Waals surface area contributed by atoms with E-state index in [9.17, 15) is 9.67 Å². The molecule has 0 heterocycles. The van der Waals surface area contributed by atoms with Crippen LogP contribution in [0.2, 0.25) is 0 Å².